The first-order valence-electron chi connectivity index (χ1n) is 15.5. The highest BCUT2D eigenvalue weighted by Crippen LogP contribution is 2.21. The van der Waals surface area contributed by atoms with Crippen LogP contribution < -0.4 is 20.9 Å². The molecule has 51 heavy (non-hydrogen) atoms. The van der Waals surface area contributed by atoms with Gasteiger partial charge in [0.2, 0.25) is 0 Å². The number of halogens is 1. The Kier molecular flexibility index (Phi) is 13.0. The van der Waals surface area contributed by atoms with E-state index in [4.69, 9.17) is 17.3 Å². The average Bonchev–Trinajstić information content (AvgIpc) is 3.69. The lowest BCUT2D eigenvalue weighted by atomic mass is 10.1. The molecule has 0 saturated carbocycles. The molecule has 5 amide bonds. The van der Waals surface area contributed by atoms with E-state index in [0.717, 1.165) is 32.1 Å². The normalized spacial score (nSPS) is 12.9. The molecule has 4 aromatic carbocycles. The number of amides is 5. The van der Waals surface area contributed by atoms with Gasteiger partial charge in [-0.05, 0) is 82.4 Å². The number of anilines is 2. The third-order valence-corrected chi connectivity index (χ3v) is 7.70. The molecule has 256 valence electrons. The summed E-state index contributed by atoms with van der Waals surface area (Å²) in [6.07, 6.45) is 8.42. The first-order valence-corrected chi connectivity index (χ1v) is 15.9. The maximum Gasteiger partial charge on any atom is 0.258 e. The fraction of sp³-hybridized carbons (Fsp3) is 0.0500. The van der Waals surface area contributed by atoms with E-state index in [1.54, 1.807) is 30.3 Å². The van der Waals surface area contributed by atoms with Crippen molar-refractivity contribution in [3.8, 4) is 0 Å². The summed E-state index contributed by atoms with van der Waals surface area (Å²) in [5.74, 6) is -1.78. The maximum atomic E-state index is 12.2. The van der Waals surface area contributed by atoms with Gasteiger partial charge < -0.3 is 11.1 Å². The van der Waals surface area contributed by atoms with E-state index in [2.05, 4.69) is 18.5 Å². The molecule has 0 radical (unpaired) electrons. The molecule has 0 spiro atoms. The number of hydrogen-bond acceptors (Lipinski definition) is 7. The maximum absolute atomic E-state index is 12.2. The van der Waals surface area contributed by atoms with Crippen LogP contribution in [-0.2, 0) is 32.3 Å². The molecule has 2 aliphatic rings. The summed E-state index contributed by atoms with van der Waals surface area (Å²) in [5.41, 5.74) is 11.3. The van der Waals surface area contributed by atoms with E-state index in [9.17, 15) is 28.8 Å². The summed E-state index contributed by atoms with van der Waals surface area (Å²) >= 11 is 5.27. The largest absolute Gasteiger partial charge is 0.348 e. The van der Waals surface area contributed by atoms with Gasteiger partial charge in [-0.3, -0.25) is 28.8 Å². The quantitative estimate of drug-likeness (QED) is 0.162. The fourth-order valence-electron chi connectivity index (χ4n) is 4.66. The summed E-state index contributed by atoms with van der Waals surface area (Å²) < 4.78 is 0. The molecule has 0 unspecified atom stereocenters. The number of carbonyl (C=O) groups excluding carboxylic acids is 6. The Bertz CT molecular complexity index is 1980. The number of hydrogen-bond donors (Lipinski definition) is 2. The molecule has 6 rings (SSSR count). The minimum Gasteiger partial charge on any atom is -0.348 e. The second-order valence-electron chi connectivity index (χ2n) is 10.8. The number of imide groups is 2. The molecule has 11 heteroatoms. The number of benzene rings is 4. The molecule has 0 bridgehead atoms. The zero-order valence-electron chi connectivity index (χ0n) is 27.3. The second kappa shape index (κ2) is 17.8. The molecular formula is C40H33ClN4O6. The topological polar surface area (TPSA) is 147 Å². The van der Waals surface area contributed by atoms with Gasteiger partial charge in [0.15, 0.2) is 0 Å². The van der Waals surface area contributed by atoms with Crippen molar-refractivity contribution in [3.05, 3.63) is 168 Å². The monoisotopic (exact) mass is 700 g/mol. The summed E-state index contributed by atoms with van der Waals surface area (Å²) in [5, 5.41) is 2.25. The van der Waals surface area contributed by atoms with Crippen molar-refractivity contribution in [2.75, 3.05) is 9.80 Å². The summed E-state index contributed by atoms with van der Waals surface area (Å²) in [6, 6.07) is 28.0. The first-order chi connectivity index (χ1) is 24.5. The van der Waals surface area contributed by atoms with Crippen LogP contribution in [0.2, 0.25) is 0 Å². The smallest absolute Gasteiger partial charge is 0.258 e. The van der Waals surface area contributed by atoms with Crippen LogP contribution >= 0.6 is 11.6 Å². The van der Waals surface area contributed by atoms with E-state index in [1.807, 2.05) is 54.6 Å². The van der Waals surface area contributed by atoms with Gasteiger partial charge in [0.05, 0.1) is 11.4 Å². The first kappa shape index (κ1) is 37.3. The highest BCUT2D eigenvalue weighted by molar-refractivity contribution is 6.67. The predicted octanol–water partition coefficient (Wildman–Crippen LogP) is 5.97. The Balaban J connectivity index is 0.000000191. The van der Waals surface area contributed by atoms with Crippen molar-refractivity contribution in [2.24, 2.45) is 5.73 Å². The SMILES string of the molecule is C=Cc1ccc(CN)cc1.C=Cc1ccc(CNC(=O)c2ccc(N3C(=O)C=CC3=O)cc2)cc1.O=C(Cl)c1ccc(N2C(=O)C=CC2=O)cc1. The Morgan fingerprint density at radius 2 is 0.961 bits per heavy atom. The Labute approximate surface area is 299 Å². The zero-order chi connectivity index (χ0) is 36.9. The number of carbonyl (C=O) groups is 6. The molecule has 2 aliphatic heterocycles. The van der Waals surface area contributed by atoms with Gasteiger partial charge in [-0.25, -0.2) is 9.80 Å². The number of nitrogens with zero attached hydrogens (tertiary/aromatic N) is 2. The zero-order valence-corrected chi connectivity index (χ0v) is 28.1. The third kappa shape index (κ3) is 10.0. The Morgan fingerprint density at radius 1 is 0.588 bits per heavy atom. The molecular weight excluding hydrogens is 668 g/mol. The van der Waals surface area contributed by atoms with E-state index in [0.29, 0.717) is 35.6 Å². The average molecular weight is 701 g/mol. The van der Waals surface area contributed by atoms with E-state index in [1.165, 1.54) is 48.6 Å². The van der Waals surface area contributed by atoms with Crippen LogP contribution in [0.3, 0.4) is 0 Å². The molecule has 0 aromatic heterocycles. The third-order valence-electron chi connectivity index (χ3n) is 7.48. The second-order valence-corrected chi connectivity index (χ2v) is 11.2. The van der Waals surface area contributed by atoms with Gasteiger partial charge in [-0.2, -0.15) is 0 Å². The predicted molar refractivity (Wildman–Crippen MR) is 198 cm³/mol. The van der Waals surface area contributed by atoms with Crippen molar-refractivity contribution < 1.29 is 28.8 Å². The molecule has 0 saturated heterocycles. The van der Waals surface area contributed by atoms with Crippen molar-refractivity contribution in [2.45, 2.75) is 13.1 Å². The van der Waals surface area contributed by atoms with Crippen molar-refractivity contribution in [1.82, 2.24) is 5.32 Å². The molecule has 3 N–H and O–H groups in total. The lowest BCUT2D eigenvalue weighted by Crippen LogP contribution is -2.29. The van der Waals surface area contributed by atoms with E-state index < -0.39 is 17.1 Å². The van der Waals surface area contributed by atoms with Crippen LogP contribution in [0.4, 0.5) is 11.4 Å². The molecule has 0 aliphatic carbocycles. The lowest BCUT2D eigenvalue weighted by molar-refractivity contribution is -0.121. The van der Waals surface area contributed by atoms with Gasteiger partial charge >= 0.3 is 0 Å². The van der Waals surface area contributed by atoms with Gasteiger partial charge in [0, 0.05) is 48.5 Å². The van der Waals surface area contributed by atoms with Gasteiger partial charge in [0.25, 0.3) is 34.8 Å². The number of nitrogens with two attached hydrogens (primary N) is 1. The lowest BCUT2D eigenvalue weighted by Gasteiger charge is -2.14. The number of rotatable bonds is 9. The fourth-order valence-corrected chi connectivity index (χ4v) is 4.78. The van der Waals surface area contributed by atoms with Crippen molar-refractivity contribution >= 4 is 69.9 Å². The number of nitrogens with one attached hydrogen (secondary N) is 1. The highest BCUT2D eigenvalue weighted by atomic mass is 35.5. The van der Waals surface area contributed by atoms with Gasteiger partial charge in [-0.1, -0.05) is 73.8 Å². The summed E-state index contributed by atoms with van der Waals surface area (Å²) in [4.78, 5) is 71.0. The molecule has 2 heterocycles. The van der Waals surface area contributed by atoms with Crippen LogP contribution in [0.1, 0.15) is 43.0 Å². The van der Waals surface area contributed by atoms with Crippen LogP contribution in [0.25, 0.3) is 12.2 Å². The van der Waals surface area contributed by atoms with Crippen LogP contribution in [-0.4, -0.2) is 34.8 Å². The van der Waals surface area contributed by atoms with Crippen LogP contribution in [0, 0.1) is 0 Å². The summed E-state index contributed by atoms with van der Waals surface area (Å²) in [7, 11) is 0. The molecule has 0 fully saturated rings. The Hall–Kier alpha value is -6.49. The van der Waals surface area contributed by atoms with Crippen molar-refractivity contribution in [3.63, 3.8) is 0 Å². The molecule has 4 aromatic rings. The van der Waals surface area contributed by atoms with E-state index in [-0.39, 0.29) is 17.7 Å². The highest BCUT2D eigenvalue weighted by Gasteiger charge is 2.26. The van der Waals surface area contributed by atoms with Gasteiger partial charge in [0.1, 0.15) is 0 Å². The Morgan fingerprint density at radius 3 is 1.31 bits per heavy atom. The summed E-state index contributed by atoms with van der Waals surface area (Å²) in [6.45, 7) is 8.37. The minimum absolute atomic E-state index is 0.225. The van der Waals surface area contributed by atoms with E-state index >= 15 is 0 Å². The van der Waals surface area contributed by atoms with Crippen molar-refractivity contribution in [1.29, 1.82) is 0 Å². The molecule has 0 atom stereocenters. The van der Waals surface area contributed by atoms with Crippen LogP contribution in [0.15, 0.2) is 135 Å². The standard InChI is InChI=1S/C20H16N2O3.C11H6ClNO3.C9H11N/c1-2-14-3-5-15(6-4-14)13-21-20(25)16-7-9-17(10-8-16)22-18(23)11-12-19(22)24;12-11(16)7-1-3-8(4-2-7)13-9(14)5-6-10(13)15;1-2-8-3-5-9(7-10)6-4-8/h2-12H,1,13H2,(H,21,25);1-6H;2-6H,1,7,10H2. The molecule has 10 nitrogen and oxygen atoms in total. The van der Waals surface area contributed by atoms with Crippen LogP contribution in [0.5, 0.6) is 0 Å². The minimum atomic E-state index is -0.580. The van der Waals surface area contributed by atoms with Gasteiger partial charge in [-0.15, -0.1) is 0 Å².